The number of hydrogen-bond acceptors (Lipinski definition) is 2. The van der Waals surface area contributed by atoms with E-state index >= 15 is 0 Å². The van der Waals surface area contributed by atoms with Crippen LogP contribution in [0.4, 0.5) is 0 Å². The van der Waals surface area contributed by atoms with E-state index in [9.17, 15) is 9.59 Å². The minimum atomic E-state index is -0.0456. The van der Waals surface area contributed by atoms with Gasteiger partial charge in [-0.1, -0.05) is 76.5 Å². The van der Waals surface area contributed by atoms with Crippen LogP contribution in [0, 0.1) is 30.6 Å². The summed E-state index contributed by atoms with van der Waals surface area (Å²) in [5.74, 6) is 0.675. The maximum absolute atomic E-state index is 13.1. The van der Waals surface area contributed by atoms with E-state index in [1.54, 1.807) is 37.2 Å². The molecule has 0 aliphatic heterocycles. The van der Waals surface area contributed by atoms with Crippen LogP contribution in [0.25, 0.3) is 5.57 Å². The van der Waals surface area contributed by atoms with Gasteiger partial charge < -0.3 is 15.8 Å². The molecule has 1 fully saturated rings. The molecule has 178 valence electrons. The third-order valence-electron chi connectivity index (χ3n) is 5.91. The van der Waals surface area contributed by atoms with E-state index in [2.05, 4.69) is 32.1 Å². The van der Waals surface area contributed by atoms with Crippen molar-refractivity contribution >= 4 is 17.3 Å². The summed E-state index contributed by atoms with van der Waals surface area (Å²) in [5, 5.41) is 0. The third kappa shape index (κ3) is 9.65. The van der Waals surface area contributed by atoms with Crippen LogP contribution in [-0.4, -0.2) is 30.7 Å². The van der Waals surface area contributed by atoms with E-state index in [-0.39, 0.29) is 36.5 Å². The van der Waals surface area contributed by atoms with Crippen molar-refractivity contribution in [3.8, 4) is 0 Å². The molecule has 0 bridgehead atoms. The van der Waals surface area contributed by atoms with E-state index in [1.807, 2.05) is 12.1 Å². The second kappa shape index (κ2) is 15.7. The molecule has 1 atom stereocenters. The number of amides is 1. The molecule has 0 spiro atoms. The Morgan fingerprint density at radius 1 is 1.09 bits per heavy atom. The molecule has 2 rings (SSSR count). The minimum absolute atomic E-state index is 0. The zero-order chi connectivity index (χ0) is 24.2. The van der Waals surface area contributed by atoms with Crippen molar-refractivity contribution in [2.75, 3.05) is 14.1 Å². The van der Waals surface area contributed by atoms with Crippen molar-refractivity contribution in [1.82, 2.24) is 4.90 Å². The Morgan fingerprint density at radius 3 is 2.26 bits per heavy atom. The molecule has 0 heterocycles. The molecule has 0 saturated heterocycles. The van der Waals surface area contributed by atoms with E-state index in [0.717, 1.165) is 43.2 Å². The van der Waals surface area contributed by atoms with Gasteiger partial charge in [0.2, 0.25) is 0 Å². The second-order valence-electron chi connectivity index (χ2n) is 8.96. The van der Waals surface area contributed by atoms with E-state index in [4.69, 9.17) is 6.58 Å². The van der Waals surface area contributed by atoms with Gasteiger partial charge in [0.1, 0.15) is 0 Å². The van der Waals surface area contributed by atoms with Crippen molar-refractivity contribution < 1.29 is 28.4 Å². The predicted molar refractivity (Wildman–Crippen MR) is 136 cm³/mol. The van der Waals surface area contributed by atoms with E-state index < -0.39 is 0 Å². The van der Waals surface area contributed by atoms with Gasteiger partial charge in [-0.25, -0.2) is 6.08 Å². The largest absolute Gasteiger partial charge is 1.00 e. The monoisotopic (exact) mass is 451 g/mol. The van der Waals surface area contributed by atoms with E-state index in [0.29, 0.717) is 23.5 Å². The molecule has 1 saturated carbocycles. The Bertz CT molecular complexity index is 889. The fourth-order valence-corrected chi connectivity index (χ4v) is 3.60. The van der Waals surface area contributed by atoms with Gasteiger partial charge in [0.15, 0.2) is 0 Å². The molecule has 1 aromatic carbocycles. The average molecular weight is 452 g/mol. The van der Waals surface area contributed by atoms with Crippen molar-refractivity contribution in [3.63, 3.8) is 0 Å². The van der Waals surface area contributed by atoms with Crippen LogP contribution in [0.15, 0.2) is 48.1 Å². The fourth-order valence-electron chi connectivity index (χ4n) is 3.60. The molecule has 34 heavy (non-hydrogen) atoms. The smallest absolute Gasteiger partial charge is 0.497 e. The summed E-state index contributed by atoms with van der Waals surface area (Å²) in [6.45, 7) is 10.2. The van der Waals surface area contributed by atoms with Crippen molar-refractivity contribution in [2.24, 2.45) is 11.8 Å². The maximum atomic E-state index is 13.1. The van der Waals surface area contributed by atoms with Crippen LogP contribution >= 0.6 is 0 Å². The summed E-state index contributed by atoms with van der Waals surface area (Å²) in [6, 6.07) is 7.33. The summed E-state index contributed by atoms with van der Waals surface area (Å²) in [6.07, 6.45) is 20.2. The molecule has 4 heteroatoms. The van der Waals surface area contributed by atoms with Crippen LogP contribution in [0.1, 0.15) is 81.1 Å². The van der Waals surface area contributed by atoms with Crippen LogP contribution in [-0.2, 0) is 4.79 Å². The zero-order valence-corrected chi connectivity index (χ0v) is 21.7. The maximum Gasteiger partial charge on any atom is 1.00 e. The number of allylic oxidation sites excluding steroid dienone is 7. The number of carbonyl (C=O) groups is 2. The molecule has 1 aliphatic rings. The fraction of sp³-hybridized carbons (Fsp3) is 0.467. The molecule has 1 amide bonds. The topological polar surface area (TPSA) is 37.4 Å². The number of carbonyl (C=O) groups excluding carboxylic acids is 2. The molecule has 1 aromatic rings. The van der Waals surface area contributed by atoms with Crippen molar-refractivity contribution in [2.45, 2.75) is 65.2 Å². The summed E-state index contributed by atoms with van der Waals surface area (Å²) in [4.78, 5) is 26.8. The predicted octanol–water partition coefficient (Wildman–Crippen LogP) is 3.83. The van der Waals surface area contributed by atoms with Gasteiger partial charge in [-0.05, 0) is 24.5 Å². The Labute approximate surface area is 219 Å². The van der Waals surface area contributed by atoms with Gasteiger partial charge in [0, 0.05) is 19.7 Å². The average Bonchev–Trinajstić information content (AvgIpc) is 3.65. The molecule has 1 aliphatic carbocycles. The normalized spacial score (nSPS) is 15.1. The molecular weight excluding hydrogens is 413 g/mol. The first-order valence-corrected chi connectivity index (χ1v) is 12.2. The Balaban J connectivity index is 0.00000578. The van der Waals surface area contributed by atoms with Gasteiger partial charge in [-0.3, -0.25) is 17.4 Å². The molecule has 3 nitrogen and oxygen atoms in total. The van der Waals surface area contributed by atoms with Crippen molar-refractivity contribution in [3.05, 3.63) is 77.9 Å². The van der Waals surface area contributed by atoms with Gasteiger partial charge in [-0.2, -0.15) is 18.1 Å². The summed E-state index contributed by atoms with van der Waals surface area (Å²) < 4.78 is 0. The first-order chi connectivity index (χ1) is 15.9. The number of benzene rings is 1. The van der Waals surface area contributed by atoms with Crippen LogP contribution in [0.3, 0.4) is 0 Å². The first-order valence-electron chi connectivity index (χ1n) is 12.2. The molecule has 1 unspecified atom stereocenters. The Hall–Kier alpha value is -2.08. The van der Waals surface area contributed by atoms with Crippen molar-refractivity contribution in [1.29, 1.82) is 0 Å². The zero-order valence-electron chi connectivity index (χ0n) is 21.7. The summed E-state index contributed by atoms with van der Waals surface area (Å²) >= 11 is 0. The van der Waals surface area contributed by atoms with Gasteiger partial charge >= 0.3 is 18.9 Å². The second-order valence-corrected chi connectivity index (χ2v) is 8.96. The molecule has 0 aromatic heterocycles. The standard InChI is InChI=1S/C30H38NO2.Li/c1-6-9-10-11-12-29(32)28(25(8-3)16-15-23-13-14-23)22-21-24(7-2)26-17-19-27(20-18-26)30(33)31(4)5;/h2,7,16-21,23,25H,6,8-14H2,1,3-5H3;/q-3;+1/b24-21+;. The van der Waals surface area contributed by atoms with Gasteiger partial charge in [0.25, 0.3) is 5.91 Å². The SMILES string of the molecule is [CH-]=C/C(=C\[C-]=C(C(=O)CCCCCC)C(C=[C-]C1CC1)CC)c1ccc(C(=O)N(C)C)cc1.[Li+]. The molecule has 0 radical (unpaired) electrons. The minimum Gasteiger partial charge on any atom is -0.497 e. The van der Waals surface area contributed by atoms with E-state index in [1.165, 1.54) is 18.9 Å². The Kier molecular flexibility index (Phi) is 13.9. The number of nitrogens with zero attached hydrogens (tertiary/aromatic N) is 1. The number of hydrogen-bond donors (Lipinski definition) is 0. The van der Waals surface area contributed by atoms with Crippen LogP contribution in [0.2, 0.25) is 0 Å². The summed E-state index contributed by atoms with van der Waals surface area (Å²) in [7, 11) is 3.46. The van der Waals surface area contributed by atoms with Crippen LogP contribution in [0.5, 0.6) is 0 Å². The summed E-state index contributed by atoms with van der Waals surface area (Å²) in [5.41, 5.74) is 2.97. The Morgan fingerprint density at radius 2 is 1.74 bits per heavy atom. The quantitative estimate of drug-likeness (QED) is 0.142. The number of ketones is 1. The number of Topliss-reactive ketones (excluding diaryl/α,β-unsaturated/α-hetero) is 1. The number of rotatable bonds is 14. The van der Waals surface area contributed by atoms with Crippen LogP contribution < -0.4 is 18.9 Å². The van der Waals surface area contributed by atoms with Gasteiger partial charge in [0.05, 0.1) is 5.78 Å². The molecule has 0 N–H and O–H groups in total. The molecular formula is C30H38LiNO2-2. The van der Waals surface area contributed by atoms with Gasteiger partial charge in [-0.15, -0.1) is 11.1 Å². The first kappa shape index (κ1) is 29.9. The number of unbranched alkanes of at least 4 members (excludes halogenated alkanes) is 3. The third-order valence-corrected chi connectivity index (χ3v) is 5.91.